The minimum atomic E-state index is -0.331. The van der Waals surface area contributed by atoms with Crippen LogP contribution in [0, 0.1) is 6.92 Å². The highest BCUT2D eigenvalue weighted by Crippen LogP contribution is 2.14. The molecule has 0 bridgehead atoms. The van der Waals surface area contributed by atoms with Crippen molar-refractivity contribution in [3.05, 3.63) is 34.3 Å². The van der Waals surface area contributed by atoms with Crippen molar-refractivity contribution in [1.29, 1.82) is 0 Å². The van der Waals surface area contributed by atoms with Crippen molar-refractivity contribution in [2.75, 3.05) is 0 Å². The molecule has 0 aliphatic heterocycles. The van der Waals surface area contributed by atoms with Crippen molar-refractivity contribution in [1.82, 2.24) is 10.9 Å². The molecule has 0 saturated heterocycles. The van der Waals surface area contributed by atoms with Gasteiger partial charge >= 0.3 is 0 Å². The van der Waals surface area contributed by atoms with E-state index in [0.717, 1.165) is 5.56 Å². The fraction of sp³-hybridized carbons (Fsp3) is 0.111. The predicted octanol–water partition coefficient (Wildman–Crippen LogP) is 1.13. The molecule has 1 rings (SSSR count). The Bertz CT molecular complexity index is 408. The van der Waals surface area contributed by atoms with Crippen LogP contribution in [-0.4, -0.2) is 11.0 Å². The second kappa shape index (κ2) is 4.95. The zero-order chi connectivity index (χ0) is 11.4. The smallest absolute Gasteiger partial charge is 0.269 e. The Morgan fingerprint density at radius 3 is 2.73 bits per heavy atom. The third kappa shape index (κ3) is 3.38. The summed E-state index contributed by atoms with van der Waals surface area (Å²) < 4.78 is 0. The van der Waals surface area contributed by atoms with Gasteiger partial charge in [0.05, 0.1) is 0 Å². The van der Waals surface area contributed by atoms with E-state index in [9.17, 15) is 4.79 Å². The Morgan fingerprint density at radius 2 is 2.13 bits per heavy atom. The Hall–Kier alpha value is -1.33. The first-order valence-corrected chi connectivity index (χ1v) is 4.91. The second-order valence-electron chi connectivity index (χ2n) is 2.90. The molecule has 80 valence electrons. The van der Waals surface area contributed by atoms with Crippen LogP contribution in [0.3, 0.4) is 0 Å². The van der Waals surface area contributed by atoms with E-state index in [0.29, 0.717) is 10.6 Å². The Kier molecular flexibility index (Phi) is 3.88. The fourth-order valence-electron chi connectivity index (χ4n) is 1.02. The number of rotatable bonds is 1. The van der Waals surface area contributed by atoms with E-state index >= 15 is 0 Å². The SMILES string of the molecule is Cc1ccc(Cl)cc1C(=O)NNC(N)=S. The maximum atomic E-state index is 11.6. The first-order chi connectivity index (χ1) is 7.00. The molecule has 1 amide bonds. The molecule has 0 fully saturated rings. The topological polar surface area (TPSA) is 67.2 Å². The van der Waals surface area contributed by atoms with Gasteiger partial charge in [0.1, 0.15) is 0 Å². The summed E-state index contributed by atoms with van der Waals surface area (Å²) in [5.41, 5.74) is 11.2. The van der Waals surface area contributed by atoms with Gasteiger partial charge in [-0.3, -0.25) is 15.6 Å². The highest BCUT2D eigenvalue weighted by atomic mass is 35.5. The lowest BCUT2D eigenvalue weighted by atomic mass is 10.1. The number of carbonyl (C=O) groups excluding carboxylic acids is 1. The molecule has 0 unspecified atom stereocenters. The number of amides is 1. The van der Waals surface area contributed by atoms with E-state index in [2.05, 4.69) is 23.1 Å². The van der Waals surface area contributed by atoms with Gasteiger partial charge in [0, 0.05) is 10.6 Å². The van der Waals surface area contributed by atoms with Gasteiger partial charge in [-0.2, -0.15) is 0 Å². The summed E-state index contributed by atoms with van der Waals surface area (Å²) in [4.78, 5) is 11.6. The van der Waals surface area contributed by atoms with Crippen molar-refractivity contribution in [3.8, 4) is 0 Å². The quantitative estimate of drug-likeness (QED) is 0.511. The lowest BCUT2D eigenvalue weighted by Gasteiger charge is -2.08. The van der Waals surface area contributed by atoms with Crippen molar-refractivity contribution in [2.24, 2.45) is 5.73 Å². The fourth-order valence-corrected chi connectivity index (χ4v) is 1.25. The average Bonchev–Trinajstić information content (AvgIpc) is 2.18. The first-order valence-electron chi connectivity index (χ1n) is 4.12. The molecule has 0 aliphatic rings. The van der Waals surface area contributed by atoms with Crippen LogP contribution < -0.4 is 16.6 Å². The maximum absolute atomic E-state index is 11.6. The van der Waals surface area contributed by atoms with E-state index in [1.54, 1.807) is 18.2 Å². The Labute approximate surface area is 97.8 Å². The number of nitrogens with one attached hydrogen (secondary N) is 2. The summed E-state index contributed by atoms with van der Waals surface area (Å²) in [6, 6.07) is 5.06. The Balaban J connectivity index is 2.81. The third-order valence-corrected chi connectivity index (χ3v) is 2.08. The summed E-state index contributed by atoms with van der Waals surface area (Å²) in [6.45, 7) is 1.81. The third-order valence-electron chi connectivity index (χ3n) is 1.74. The molecule has 6 heteroatoms. The summed E-state index contributed by atoms with van der Waals surface area (Å²) in [5.74, 6) is -0.331. The largest absolute Gasteiger partial charge is 0.375 e. The molecule has 0 atom stereocenters. The van der Waals surface area contributed by atoms with E-state index in [-0.39, 0.29) is 11.0 Å². The molecule has 4 nitrogen and oxygen atoms in total. The number of nitrogens with two attached hydrogens (primary N) is 1. The van der Waals surface area contributed by atoms with Crippen LogP contribution in [0.1, 0.15) is 15.9 Å². The monoisotopic (exact) mass is 243 g/mol. The number of carbonyl (C=O) groups is 1. The lowest BCUT2D eigenvalue weighted by Crippen LogP contribution is -2.44. The molecule has 4 N–H and O–H groups in total. The predicted molar refractivity (Wildman–Crippen MR) is 63.6 cm³/mol. The van der Waals surface area contributed by atoms with Gasteiger partial charge in [-0.15, -0.1) is 0 Å². The molecular formula is C9H10ClN3OS. The summed E-state index contributed by atoms with van der Waals surface area (Å²) in [5, 5.41) is 0.504. The molecule has 0 spiro atoms. The lowest BCUT2D eigenvalue weighted by molar-refractivity contribution is 0.0943. The summed E-state index contributed by atoms with van der Waals surface area (Å²) in [7, 11) is 0. The number of halogens is 1. The van der Waals surface area contributed by atoms with Gasteiger partial charge in [0.2, 0.25) is 0 Å². The maximum Gasteiger partial charge on any atom is 0.269 e. The Morgan fingerprint density at radius 1 is 1.47 bits per heavy atom. The summed E-state index contributed by atoms with van der Waals surface area (Å²) >= 11 is 10.3. The van der Waals surface area contributed by atoms with Crippen molar-refractivity contribution < 1.29 is 4.79 Å². The van der Waals surface area contributed by atoms with Crippen LogP contribution in [0.2, 0.25) is 5.02 Å². The zero-order valence-corrected chi connectivity index (χ0v) is 9.58. The van der Waals surface area contributed by atoms with Gasteiger partial charge < -0.3 is 5.73 Å². The van der Waals surface area contributed by atoms with Crippen LogP contribution in [0.25, 0.3) is 0 Å². The van der Waals surface area contributed by atoms with Crippen LogP contribution in [0.4, 0.5) is 0 Å². The number of hydrogen-bond acceptors (Lipinski definition) is 2. The van der Waals surface area contributed by atoms with E-state index in [1.807, 2.05) is 6.92 Å². The molecule has 1 aromatic rings. The summed E-state index contributed by atoms with van der Waals surface area (Å²) in [6.07, 6.45) is 0. The van der Waals surface area contributed by atoms with Crippen LogP contribution in [-0.2, 0) is 0 Å². The number of hydrogen-bond donors (Lipinski definition) is 3. The highest BCUT2D eigenvalue weighted by molar-refractivity contribution is 7.80. The normalized spacial score (nSPS) is 9.47. The second-order valence-corrected chi connectivity index (χ2v) is 3.78. The number of aryl methyl sites for hydroxylation is 1. The minimum absolute atomic E-state index is 0.00281. The van der Waals surface area contributed by atoms with Crippen LogP contribution in [0.5, 0.6) is 0 Å². The standard InChI is InChI=1S/C9H10ClN3OS/c1-5-2-3-6(10)4-7(5)8(14)12-13-9(11)15/h2-4H,1H3,(H,12,14)(H3,11,13,15). The van der Waals surface area contributed by atoms with Gasteiger partial charge in [0.25, 0.3) is 5.91 Å². The molecule has 0 radical (unpaired) electrons. The zero-order valence-electron chi connectivity index (χ0n) is 8.00. The molecule has 15 heavy (non-hydrogen) atoms. The van der Waals surface area contributed by atoms with Gasteiger partial charge in [-0.05, 0) is 36.8 Å². The minimum Gasteiger partial charge on any atom is -0.375 e. The van der Waals surface area contributed by atoms with Gasteiger partial charge in [-0.25, -0.2) is 0 Å². The molecule has 0 saturated carbocycles. The van der Waals surface area contributed by atoms with Crippen molar-refractivity contribution >= 4 is 34.8 Å². The molecule has 0 aliphatic carbocycles. The van der Waals surface area contributed by atoms with Gasteiger partial charge in [-0.1, -0.05) is 17.7 Å². The van der Waals surface area contributed by atoms with E-state index < -0.39 is 0 Å². The highest BCUT2D eigenvalue weighted by Gasteiger charge is 2.08. The first kappa shape index (κ1) is 11.7. The average molecular weight is 244 g/mol. The molecule has 0 aromatic heterocycles. The van der Waals surface area contributed by atoms with Gasteiger partial charge in [0.15, 0.2) is 5.11 Å². The van der Waals surface area contributed by atoms with E-state index in [4.69, 9.17) is 17.3 Å². The van der Waals surface area contributed by atoms with Crippen LogP contribution >= 0.6 is 23.8 Å². The van der Waals surface area contributed by atoms with E-state index in [1.165, 1.54) is 0 Å². The number of hydrazine groups is 1. The molecular weight excluding hydrogens is 234 g/mol. The van der Waals surface area contributed by atoms with Crippen molar-refractivity contribution in [3.63, 3.8) is 0 Å². The number of benzene rings is 1. The molecule has 0 heterocycles. The number of thiocarbonyl (C=S) groups is 1. The molecule has 1 aromatic carbocycles. The van der Waals surface area contributed by atoms with Crippen molar-refractivity contribution in [2.45, 2.75) is 6.92 Å². The van der Waals surface area contributed by atoms with Crippen LogP contribution in [0.15, 0.2) is 18.2 Å².